The minimum atomic E-state index is 0.631. The van der Waals surface area contributed by atoms with Crippen LogP contribution in [-0.4, -0.2) is 35.6 Å². The van der Waals surface area contributed by atoms with Crippen molar-refractivity contribution < 1.29 is 0 Å². The maximum absolute atomic E-state index is 4.58. The van der Waals surface area contributed by atoms with Gasteiger partial charge in [-0.25, -0.2) is 0 Å². The van der Waals surface area contributed by atoms with E-state index in [0.29, 0.717) is 17.7 Å². The third-order valence-electron chi connectivity index (χ3n) is 3.40. The highest BCUT2D eigenvalue weighted by Crippen LogP contribution is 2.24. The predicted octanol–water partition coefficient (Wildman–Crippen LogP) is 3.04. The van der Waals surface area contributed by atoms with Crippen LogP contribution in [0.4, 0.5) is 11.9 Å². The molecule has 0 radical (unpaired) electrons. The lowest BCUT2D eigenvalue weighted by Gasteiger charge is -2.14. The van der Waals surface area contributed by atoms with Gasteiger partial charge in [-0.2, -0.15) is 15.0 Å². The van der Waals surface area contributed by atoms with Gasteiger partial charge < -0.3 is 10.2 Å². The lowest BCUT2D eigenvalue weighted by atomic mass is 10.0. The van der Waals surface area contributed by atoms with Crippen LogP contribution in [0, 0.1) is 13.8 Å². The van der Waals surface area contributed by atoms with Crippen LogP contribution in [0.1, 0.15) is 24.5 Å². The molecule has 0 saturated carbocycles. The van der Waals surface area contributed by atoms with Crippen LogP contribution in [0.15, 0.2) is 18.2 Å². The molecule has 5 heteroatoms. The van der Waals surface area contributed by atoms with E-state index in [9.17, 15) is 0 Å². The van der Waals surface area contributed by atoms with E-state index in [4.69, 9.17) is 0 Å². The van der Waals surface area contributed by atoms with Crippen molar-refractivity contribution in [2.75, 3.05) is 30.9 Å². The average molecular weight is 285 g/mol. The fourth-order valence-corrected chi connectivity index (χ4v) is 1.99. The zero-order valence-corrected chi connectivity index (χ0v) is 13.4. The molecule has 2 aromatic rings. The molecule has 1 heterocycles. The first-order valence-electron chi connectivity index (χ1n) is 7.26. The zero-order valence-electron chi connectivity index (χ0n) is 13.4. The molecule has 0 bridgehead atoms. The number of nitrogens with one attached hydrogen (secondary N) is 1. The molecule has 2 rings (SSSR count). The summed E-state index contributed by atoms with van der Waals surface area (Å²) in [5.74, 6) is 2.01. The van der Waals surface area contributed by atoms with Gasteiger partial charge in [0.1, 0.15) is 0 Å². The van der Waals surface area contributed by atoms with Crippen molar-refractivity contribution in [3.05, 3.63) is 29.3 Å². The summed E-state index contributed by atoms with van der Waals surface area (Å²) in [6, 6.07) is 6.19. The number of benzene rings is 1. The first kappa shape index (κ1) is 15.2. The number of aromatic nitrogens is 3. The molecule has 0 aliphatic carbocycles. The summed E-state index contributed by atoms with van der Waals surface area (Å²) in [5.41, 5.74) is 3.50. The molecule has 0 unspecified atom stereocenters. The number of anilines is 2. The fourth-order valence-electron chi connectivity index (χ4n) is 1.99. The normalized spacial score (nSPS) is 10.5. The molecule has 1 aromatic heterocycles. The molecule has 0 amide bonds. The first-order valence-corrected chi connectivity index (χ1v) is 7.26. The van der Waals surface area contributed by atoms with Gasteiger partial charge in [-0.3, -0.25) is 0 Å². The van der Waals surface area contributed by atoms with Gasteiger partial charge in [0.05, 0.1) is 0 Å². The Labute approximate surface area is 126 Å². The molecular formula is C16H23N5. The monoisotopic (exact) mass is 285 g/mol. The van der Waals surface area contributed by atoms with Crippen LogP contribution >= 0.6 is 0 Å². The van der Waals surface area contributed by atoms with E-state index in [1.807, 2.05) is 25.1 Å². The van der Waals surface area contributed by atoms with Crippen molar-refractivity contribution in [2.24, 2.45) is 0 Å². The van der Waals surface area contributed by atoms with Gasteiger partial charge in [0.2, 0.25) is 11.9 Å². The summed E-state index contributed by atoms with van der Waals surface area (Å²) < 4.78 is 0. The summed E-state index contributed by atoms with van der Waals surface area (Å²) in [6.07, 6.45) is 1.03. The molecule has 0 saturated heterocycles. The molecule has 1 aromatic carbocycles. The van der Waals surface area contributed by atoms with Crippen LogP contribution in [0.2, 0.25) is 0 Å². The highest BCUT2D eigenvalue weighted by Gasteiger charge is 2.12. The highest BCUT2D eigenvalue weighted by atomic mass is 15.3. The third kappa shape index (κ3) is 3.48. The van der Waals surface area contributed by atoms with E-state index < -0.39 is 0 Å². The number of rotatable bonds is 5. The summed E-state index contributed by atoms with van der Waals surface area (Å²) >= 11 is 0. The minimum absolute atomic E-state index is 0.631. The van der Waals surface area contributed by atoms with Gasteiger partial charge in [0.15, 0.2) is 5.82 Å². The summed E-state index contributed by atoms with van der Waals surface area (Å²) in [4.78, 5) is 15.5. The average Bonchev–Trinajstić information content (AvgIpc) is 2.47. The number of hydrogen-bond donors (Lipinski definition) is 1. The standard InChI is InChI=1S/C16H23N5/c1-6-10-17-15-18-14(19-16(20-15)21(4)5)13-9-7-8-11(2)12(13)3/h7-9H,6,10H2,1-5H3,(H,17,18,19,20). The van der Waals surface area contributed by atoms with Gasteiger partial charge in [0, 0.05) is 26.2 Å². The summed E-state index contributed by atoms with van der Waals surface area (Å²) in [7, 11) is 3.87. The van der Waals surface area contributed by atoms with E-state index in [1.165, 1.54) is 11.1 Å². The minimum Gasteiger partial charge on any atom is -0.354 e. The lowest BCUT2D eigenvalue weighted by Crippen LogP contribution is -2.16. The third-order valence-corrected chi connectivity index (χ3v) is 3.40. The Morgan fingerprint density at radius 3 is 2.52 bits per heavy atom. The molecule has 0 fully saturated rings. The second kappa shape index (κ2) is 6.52. The maximum Gasteiger partial charge on any atom is 0.230 e. The highest BCUT2D eigenvalue weighted by molar-refractivity contribution is 5.63. The van der Waals surface area contributed by atoms with E-state index in [-0.39, 0.29) is 0 Å². The first-order chi connectivity index (χ1) is 10.0. The summed E-state index contributed by atoms with van der Waals surface area (Å²) in [6.45, 7) is 7.17. The van der Waals surface area contributed by atoms with Crippen molar-refractivity contribution in [3.63, 3.8) is 0 Å². The second-order valence-corrected chi connectivity index (χ2v) is 5.35. The molecule has 1 N–H and O–H groups in total. The molecule has 21 heavy (non-hydrogen) atoms. The SMILES string of the molecule is CCCNc1nc(-c2cccc(C)c2C)nc(N(C)C)n1. The van der Waals surface area contributed by atoms with Crippen molar-refractivity contribution >= 4 is 11.9 Å². The zero-order chi connectivity index (χ0) is 15.4. The molecule has 0 atom stereocenters. The fraction of sp³-hybridized carbons (Fsp3) is 0.438. The Kier molecular flexibility index (Phi) is 4.73. The number of aryl methyl sites for hydroxylation is 1. The number of hydrogen-bond acceptors (Lipinski definition) is 5. The molecule has 0 aliphatic rings. The lowest BCUT2D eigenvalue weighted by molar-refractivity contribution is 0.919. The Balaban J connectivity index is 2.51. The predicted molar refractivity (Wildman–Crippen MR) is 87.8 cm³/mol. The van der Waals surface area contributed by atoms with E-state index >= 15 is 0 Å². The van der Waals surface area contributed by atoms with Gasteiger partial charge in [0.25, 0.3) is 0 Å². The van der Waals surface area contributed by atoms with Crippen LogP contribution in [0.5, 0.6) is 0 Å². The van der Waals surface area contributed by atoms with Gasteiger partial charge in [-0.15, -0.1) is 0 Å². The molecule has 0 aliphatic heterocycles. The Morgan fingerprint density at radius 1 is 1.10 bits per heavy atom. The van der Waals surface area contributed by atoms with Crippen molar-refractivity contribution in [1.29, 1.82) is 0 Å². The maximum atomic E-state index is 4.58. The quantitative estimate of drug-likeness (QED) is 0.915. The second-order valence-electron chi connectivity index (χ2n) is 5.35. The van der Waals surface area contributed by atoms with Gasteiger partial charge in [-0.05, 0) is 31.4 Å². The van der Waals surface area contributed by atoms with Crippen LogP contribution in [-0.2, 0) is 0 Å². The Morgan fingerprint density at radius 2 is 1.86 bits per heavy atom. The van der Waals surface area contributed by atoms with Gasteiger partial charge >= 0.3 is 0 Å². The van der Waals surface area contributed by atoms with Crippen LogP contribution < -0.4 is 10.2 Å². The van der Waals surface area contributed by atoms with E-state index in [0.717, 1.165) is 18.5 Å². The van der Waals surface area contributed by atoms with Crippen molar-refractivity contribution in [1.82, 2.24) is 15.0 Å². The van der Waals surface area contributed by atoms with Crippen LogP contribution in [0.3, 0.4) is 0 Å². The van der Waals surface area contributed by atoms with E-state index in [1.54, 1.807) is 0 Å². The smallest absolute Gasteiger partial charge is 0.230 e. The largest absolute Gasteiger partial charge is 0.354 e. The number of nitrogens with zero attached hydrogens (tertiary/aromatic N) is 4. The Bertz CT molecular complexity index is 622. The summed E-state index contributed by atoms with van der Waals surface area (Å²) in [5, 5.41) is 3.24. The van der Waals surface area contributed by atoms with Crippen LogP contribution in [0.25, 0.3) is 11.4 Å². The Hall–Kier alpha value is -2.17. The molecule has 0 spiro atoms. The topological polar surface area (TPSA) is 53.9 Å². The molecular weight excluding hydrogens is 262 g/mol. The molecule has 5 nitrogen and oxygen atoms in total. The molecule has 112 valence electrons. The van der Waals surface area contributed by atoms with Gasteiger partial charge in [-0.1, -0.05) is 25.1 Å². The van der Waals surface area contributed by atoms with E-state index in [2.05, 4.69) is 53.2 Å². The van der Waals surface area contributed by atoms with Crippen molar-refractivity contribution in [3.8, 4) is 11.4 Å². The van der Waals surface area contributed by atoms with Crippen molar-refractivity contribution in [2.45, 2.75) is 27.2 Å².